The second-order valence-electron chi connectivity index (χ2n) is 6.08. The van der Waals surface area contributed by atoms with E-state index in [9.17, 15) is 5.11 Å². The van der Waals surface area contributed by atoms with Gasteiger partial charge >= 0.3 is 29.6 Å². The predicted molar refractivity (Wildman–Crippen MR) is 102 cm³/mol. The van der Waals surface area contributed by atoms with Crippen molar-refractivity contribution in [3.63, 3.8) is 0 Å². The van der Waals surface area contributed by atoms with Crippen LogP contribution in [0.2, 0.25) is 0 Å². The Kier molecular flexibility index (Phi) is 8.86. The first-order valence-corrected chi connectivity index (χ1v) is 8.66. The van der Waals surface area contributed by atoms with E-state index < -0.39 is 0 Å². The average molecular weight is 357 g/mol. The van der Waals surface area contributed by atoms with Crippen molar-refractivity contribution < 1.29 is 40.8 Å². The Bertz CT molecular complexity index is 754. The summed E-state index contributed by atoms with van der Waals surface area (Å²) in [6.07, 6.45) is 5.43. The molecule has 0 amide bonds. The predicted octanol–water partition coefficient (Wildman–Crippen LogP) is 1.63. The molecule has 0 aliphatic rings. The molecule has 0 radical (unpaired) electrons. The number of hydrogen-bond donors (Lipinski definition) is 1. The summed E-state index contributed by atoms with van der Waals surface area (Å²) in [6.45, 7) is 0.513. The van der Waals surface area contributed by atoms with Gasteiger partial charge in [0, 0.05) is 18.8 Å². The zero-order chi connectivity index (χ0) is 17.3. The van der Waals surface area contributed by atoms with Crippen LogP contribution in [-0.2, 0) is 6.42 Å². The Hall–Kier alpha value is -1.65. The molecular formula is C22H24NNaO2. The number of nitrogens with zero attached hydrogens (tertiary/aromatic N) is 1. The van der Waals surface area contributed by atoms with Gasteiger partial charge in [0.1, 0.15) is 5.75 Å². The van der Waals surface area contributed by atoms with Crippen LogP contribution in [-0.4, -0.2) is 22.8 Å². The molecule has 0 fully saturated rings. The number of ether oxygens (including phenoxy) is 1. The summed E-state index contributed by atoms with van der Waals surface area (Å²) in [6, 6.07) is 22.3. The van der Waals surface area contributed by atoms with Crippen LogP contribution in [0, 0.1) is 0 Å². The molecule has 2 aromatic carbocycles. The Morgan fingerprint density at radius 3 is 2.31 bits per heavy atom. The first-order valence-electron chi connectivity index (χ1n) is 8.66. The molecule has 1 unspecified atom stereocenters. The minimum absolute atomic E-state index is 0. The van der Waals surface area contributed by atoms with Crippen molar-refractivity contribution in [2.45, 2.75) is 25.4 Å². The number of hydrogen-bond acceptors (Lipinski definition) is 3. The first-order chi connectivity index (χ1) is 12.3. The fraction of sp³-hybridized carbons (Fsp3) is 0.227. The standard InChI is InChI=1S/C22H23NO2.Na.H/c24-21(11-8-18-5-4-15-23-17-18)14-16-25-22-12-9-20(10-13-22)19-6-2-1-3-7-19;;/h1-7,9-10,12-13,15,17,21,24H,8,11,14,16H2;;/q;+1;-1. The third kappa shape index (κ3) is 6.58. The van der Waals surface area contributed by atoms with Crippen LogP contribution in [0.4, 0.5) is 0 Å². The van der Waals surface area contributed by atoms with Crippen molar-refractivity contribution in [1.29, 1.82) is 0 Å². The molecule has 0 saturated heterocycles. The van der Waals surface area contributed by atoms with Gasteiger partial charge in [-0.1, -0.05) is 48.5 Å². The van der Waals surface area contributed by atoms with E-state index in [1.807, 2.05) is 48.7 Å². The molecular weight excluding hydrogens is 333 g/mol. The average Bonchev–Trinajstić information content (AvgIpc) is 2.68. The van der Waals surface area contributed by atoms with Crippen LogP contribution < -0.4 is 34.3 Å². The molecule has 3 aromatic rings. The van der Waals surface area contributed by atoms with Crippen molar-refractivity contribution in [2.24, 2.45) is 0 Å². The maximum Gasteiger partial charge on any atom is 1.00 e. The van der Waals surface area contributed by atoms with Gasteiger partial charge in [0.2, 0.25) is 0 Å². The van der Waals surface area contributed by atoms with Crippen LogP contribution >= 0.6 is 0 Å². The van der Waals surface area contributed by atoms with Crippen molar-refractivity contribution in [3.05, 3.63) is 84.7 Å². The van der Waals surface area contributed by atoms with E-state index in [2.05, 4.69) is 29.2 Å². The second-order valence-corrected chi connectivity index (χ2v) is 6.08. The summed E-state index contributed by atoms with van der Waals surface area (Å²) in [4.78, 5) is 4.09. The number of aryl methyl sites for hydroxylation is 1. The van der Waals surface area contributed by atoms with Gasteiger partial charge in [-0.3, -0.25) is 4.98 Å². The smallest absolute Gasteiger partial charge is 1.00 e. The van der Waals surface area contributed by atoms with Crippen molar-refractivity contribution in [1.82, 2.24) is 4.98 Å². The maximum atomic E-state index is 10.1. The summed E-state index contributed by atoms with van der Waals surface area (Å²) in [7, 11) is 0. The van der Waals surface area contributed by atoms with Crippen molar-refractivity contribution in [3.8, 4) is 16.9 Å². The number of aromatic nitrogens is 1. The molecule has 26 heavy (non-hydrogen) atoms. The van der Waals surface area contributed by atoms with Crippen molar-refractivity contribution >= 4 is 0 Å². The molecule has 0 aliphatic carbocycles. The quantitative estimate of drug-likeness (QED) is 0.623. The van der Waals surface area contributed by atoms with Crippen molar-refractivity contribution in [2.75, 3.05) is 6.61 Å². The third-order valence-electron chi connectivity index (χ3n) is 4.17. The molecule has 1 N–H and O–H groups in total. The molecule has 0 saturated carbocycles. The molecule has 1 aromatic heterocycles. The van der Waals surface area contributed by atoms with Gasteiger partial charge in [0.15, 0.2) is 0 Å². The third-order valence-corrected chi connectivity index (χ3v) is 4.17. The summed E-state index contributed by atoms with van der Waals surface area (Å²) in [5.41, 5.74) is 3.52. The van der Waals surface area contributed by atoms with Crippen LogP contribution in [0.3, 0.4) is 0 Å². The molecule has 0 aliphatic heterocycles. The van der Waals surface area contributed by atoms with E-state index in [-0.39, 0.29) is 37.1 Å². The topological polar surface area (TPSA) is 42.4 Å². The first kappa shape index (κ1) is 20.7. The fourth-order valence-corrected chi connectivity index (χ4v) is 2.71. The van der Waals surface area contributed by atoms with E-state index in [1.54, 1.807) is 6.20 Å². The molecule has 130 valence electrons. The number of aliphatic hydroxyl groups excluding tert-OH is 1. The van der Waals surface area contributed by atoms with E-state index >= 15 is 0 Å². The van der Waals surface area contributed by atoms with Crippen LogP contribution in [0.25, 0.3) is 11.1 Å². The summed E-state index contributed by atoms with van der Waals surface area (Å²) >= 11 is 0. The second kappa shape index (κ2) is 11.1. The molecule has 0 spiro atoms. The zero-order valence-electron chi connectivity index (χ0n) is 16.2. The Morgan fingerprint density at radius 2 is 1.62 bits per heavy atom. The normalized spacial score (nSPS) is 11.4. The van der Waals surface area contributed by atoms with E-state index in [4.69, 9.17) is 4.74 Å². The monoisotopic (exact) mass is 357 g/mol. The van der Waals surface area contributed by atoms with Gasteiger partial charge in [0.05, 0.1) is 12.7 Å². The van der Waals surface area contributed by atoms with Gasteiger partial charge in [-0.2, -0.15) is 0 Å². The van der Waals surface area contributed by atoms with E-state index in [0.717, 1.165) is 24.2 Å². The van der Waals surface area contributed by atoms with Crippen LogP contribution in [0.1, 0.15) is 19.8 Å². The summed E-state index contributed by atoms with van der Waals surface area (Å²) < 4.78 is 5.75. The maximum absolute atomic E-state index is 10.1. The largest absolute Gasteiger partial charge is 1.00 e. The minimum Gasteiger partial charge on any atom is -1.00 e. The fourth-order valence-electron chi connectivity index (χ4n) is 2.71. The van der Waals surface area contributed by atoms with E-state index in [1.165, 1.54) is 11.1 Å². The van der Waals surface area contributed by atoms with Gasteiger partial charge in [-0.15, -0.1) is 0 Å². The summed E-state index contributed by atoms with van der Waals surface area (Å²) in [5, 5.41) is 10.1. The zero-order valence-corrected chi connectivity index (χ0v) is 17.2. The van der Waals surface area contributed by atoms with Crippen LogP contribution in [0.5, 0.6) is 5.75 Å². The molecule has 4 heteroatoms. The molecule has 3 nitrogen and oxygen atoms in total. The van der Waals surface area contributed by atoms with Gasteiger partial charge < -0.3 is 11.3 Å². The Morgan fingerprint density at radius 1 is 0.885 bits per heavy atom. The Balaban J connectivity index is 0.00000182. The number of pyridine rings is 1. The van der Waals surface area contributed by atoms with Gasteiger partial charge in [-0.05, 0) is 47.7 Å². The molecule has 1 heterocycles. The van der Waals surface area contributed by atoms with Gasteiger partial charge in [-0.25, -0.2) is 0 Å². The number of aliphatic hydroxyl groups is 1. The molecule has 0 bridgehead atoms. The molecule has 1 atom stereocenters. The number of rotatable bonds is 8. The number of benzene rings is 2. The Labute approximate surface area is 178 Å². The van der Waals surface area contributed by atoms with E-state index in [0.29, 0.717) is 13.0 Å². The SMILES string of the molecule is OC(CCOc1ccc(-c2ccccc2)cc1)CCc1cccnc1.[H-].[Na+]. The van der Waals surface area contributed by atoms with Crippen LogP contribution in [0.15, 0.2) is 79.1 Å². The molecule has 3 rings (SSSR count). The van der Waals surface area contributed by atoms with Gasteiger partial charge in [0.25, 0.3) is 0 Å². The summed E-state index contributed by atoms with van der Waals surface area (Å²) in [5.74, 6) is 0.833. The minimum atomic E-state index is -0.358.